The molecule has 138 valence electrons. The van der Waals surface area contributed by atoms with Gasteiger partial charge in [-0.25, -0.2) is 8.42 Å². The Labute approximate surface area is 152 Å². The minimum Gasteiger partial charge on any atom is -0.462 e. The molecule has 8 heteroatoms. The van der Waals surface area contributed by atoms with Crippen LogP contribution in [0.5, 0.6) is 0 Å². The molecule has 1 aliphatic heterocycles. The van der Waals surface area contributed by atoms with Crippen LogP contribution in [0.1, 0.15) is 11.5 Å². The summed E-state index contributed by atoms with van der Waals surface area (Å²) in [6.45, 7) is 3.23. The smallest absolute Gasteiger partial charge is 0.248 e. The minimum atomic E-state index is -3.60. The van der Waals surface area contributed by atoms with Gasteiger partial charge in [0.2, 0.25) is 15.9 Å². The van der Waals surface area contributed by atoms with Gasteiger partial charge in [-0.15, -0.1) is 0 Å². The lowest BCUT2D eigenvalue weighted by Crippen LogP contribution is -2.40. The number of furan rings is 1. The van der Waals surface area contributed by atoms with E-state index in [0.717, 1.165) is 5.76 Å². The van der Waals surface area contributed by atoms with Gasteiger partial charge in [0.15, 0.2) is 0 Å². The number of morpholine rings is 1. The Balaban J connectivity index is 1.70. The first-order valence-electron chi connectivity index (χ1n) is 8.18. The summed E-state index contributed by atoms with van der Waals surface area (Å²) in [6, 6.07) is 9.77. The second-order valence-corrected chi connectivity index (χ2v) is 7.75. The first-order chi connectivity index (χ1) is 12.4. The van der Waals surface area contributed by atoms with E-state index in [1.54, 1.807) is 30.3 Å². The molecule has 2 heterocycles. The van der Waals surface area contributed by atoms with Gasteiger partial charge < -0.3 is 14.5 Å². The van der Waals surface area contributed by atoms with Gasteiger partial charge in [0.25, 0.3) is 0 Å². The zero-order valence-corrected chi connectivity index (χ0v) is 15.2. The van der Waals surface area contributed by atoms with Gasteiger partial charge in [-0.2, -0.15) is 4.31 Å². The Morgan fingerprint density at radius 2 is 1.96 bits per heavy atom. The van der Waals surface area contributed by atoms with Gasteiger partial charge >= 0.3 is 0 Å². The number of anilines is 1. The zero-order chi connectivity index (χ0) is 18.6. The van der Waals surface area contributed by atoms with Crippen LogP contribution in [0.15, 0.2) is 51.8 Å². The molecule has 1 fully saturated rings. The number of amides is 1. The normalized spacial score (nSPS) is 16.0. The van der Waals surface area contributed by atoms with E-state index in [1.807, 2.05) is 6.92 Å². The van der Waals surface area contributed by atoms with Gasteiger partial charge in [0.05, 0.1) is 18.1 Å². The molecule has 2 aromatic rings. The third-order valence-electron chi connectivity index (χ3n) is 3.87. The van der Waals surface area contributed by atoms with Crippen molar-refractivity contribution >= 4 is 27.7 Å². The highest BCUT2D eigenvalue weighted by Crippen LogP contribution is 2.20. The lowest BCUT2D eigenvalue weighted by Gasteiger charge is -2.26. The van der Waals surface area contributed by atoms with E-state index < -0.39 is 10.0 Å². The van der Waals surface area contributed by atoms with Crippen LogP contribution in [0.4, 0.5) is 5.69 Å². The van der Waals surface area contributed by atoms with Crippen molar-refractivity contribution in [3.05, 3.63) is 54.0 Å². The molecule has 1 aromatic heterocycles. The van der Waals surface area contributed by atoms with Gasteiger partial charge in [0, 0.05) is 24.9 Å². The predicted octanol–water partition coefficient (Wildman–Crippen LogP) is 2.26. The summed E-state index contributed by atoms with van der Waals surface area (Å²) in [5.41, 5.74) is 0.407. The topological polar surface area (TPSA) is 88.9 Å². The molecular formula is C18H20N2O5S. The highest BCUT2D eigenvalue weighted by molar-refractivity contribution is 7.89. The molecule has 1 aliphatic rings. The maximum atomic E-state index is 12.7. The number of hydrogen-bond acceptors (Lipinski definition) is 5. The van der Waals surface area contributed by atoms with Crippen molar-refractivity contribution in [1.82, 2.24) is 4.31 Å². The molecule has 1 amide bonds. The number of nitrogens with one attached hydrogen (secondary N) is 1. The fourth-order valence-electron chi connectivity index (χ4n) is 2.56. The van der Waals surface area contributed by atoms with Crippen LogP contribution in [0.25, 0.3) is 6.08 Å². The number of ether oxygens (including phenoxy) is 1. The number of nitrogens with zero attached hydrogens (tertiary/aromatic N) is 1. The third-order valence-corrected chi connectivity index (χ3v) is 5.76. The Bertz CT molecular complexity index is 911. The molecule has 0 atom stereocenters. The zero-order valence-electron chi connectivity index (χ0n) is 14.3. The minimum absolute atomic E-state index is 0.142. The molecule has 1 saturated heterocycles. The Morgan fingerprint density at radius 3 is 2.65 bits per heavy atom. The quantitative estimate of drug-likeness (QED) is 0.809. The van der Waals surface area contributed by atoms with E-state index in [-0.39, 0.29) is 10.8 Å². The highest BCUT2D eigenvalue weighted by atomic mass is 32.2. The molecule has 0 radical (unpaired) electrons. The number of benzene rings is 1. The average Bonchev–Trinajstić information content (AvgIpc) is 3.06. The molecule has 0 spiro atoms. The number of rotatable bonds is 5. The second-order valence-electron chi connectivity index (χ2n) is 5.82. The van der Waals surface area contributed by atoms with Crippen LogP contribution in [-0.2, 0) is 19.6 Å². The van der Waals surface area contributed by atoms with E-state index in [0.29, 0.717) is 37.8 Å². The van der Waals surface area contributed by atoms with Crippen molar-refractivity contribution in [2.75, 3.05) is 31.6 Å². The third kappa shape index (κ3) is 4.40. The van der Waals surface area contributed by atoms with E-state index in [2.05, 4.69) is 5.32 Å². The maximum Gasteiger partial charge on any atom is 0.248 e. The van der Waals surface area contributed by atoms with Gasteiger partial charge in [-0.3, -0.25) is 4.79 Å². The van der Waals surface area contributed by atoms with Crippen molar-refractivity contribution in [3.63, 3.8) is 0 Å². The van der Waals surface area contributed by atoms with Crippen LogP contribution in [0, 0.1) is 6.92 Å². The number of hydrogen-bond donors (Lipinski definition) is 1. The van der Waals surface area contributed by atoms with Crippen molar-refractivity contribution in [3.8, 4) is 0 Å². The van der Waals surface area contributed by atoms with Crippen LogP contribution >= 0.6 is 0 Å². The molecule has 0 bridgehead atoms. The fourth-order valence-corrected chi connectivity index (χ4v) is 4.01. The predicted molar refractivity (Wildman–Crippen MR) is 97.1 cm³/mol. The van der Waals surface area contributed by atoms with Crippen molar-refractivity contribution < 1.29 is 22.4 Å². The van der Waals surface area contributed by atoms with Crippen molar-refractivity contribution in [1.29, 1.82) is 0 Å². The monoisotopic (exact) mass is 376 g/mol. The standard InChI is InChI=1S/C18H20N2O5S/c1-14-5-6-16(25-14)7-8-18(21)19-15-3-2-4-17(13-15)26(22,23)20-9-11-24-12-10-20/h2-8,13H,9-12H2,1H3,(H,19,21). The van der Waals surface area contributed by atoms with Gasteiger partial charge in [-0.05, 0) is 43.3 Å². The molecule has 3 rings (SSSR count). The highest BCUT2D eigenvalue weighted by Gasteiger charge is 2.26. The molecule has 1 aromatic carbocycles. The molecule has 0 saturated carbocycles. The maximum absolute atomic E-state index is 12.7. The van der Waals surface area contributed by atoms with Gasteiger partial charge in [0.1, 0.15) is 11.5 Å². The first kappa shape index (κ1) is 18.4. The van der Waals surface area contributed by atoms with E-state index in [1.165, 1.54) is 22.5 Å². The summed E-state index contributed by atoms with van der Waals surface area (Å²) in [7, 11) is -3.60. The summed E-state index contributed by atoms with van der Waals surface area (Å²) >= 11 is 0. The van der Waals surface area contributed by atoms with Crippen molar-refractivity contribution in [2.45, 2.75) is 11.8 Å². The van der Waals surface area contributed by atoms with E-state index >= 15 is 0 Å². The van der Waals surface area contributed by atoms with Crippen LogP contribution in [0.3, 0.4) is 0 Å². The van der Waals surface area contributed by atoms with E-state index in [4.69, 9.17) is 9.15 Å². The summed E-state index contributed by atoms with van der Waals surface area (Å²) in [5, 5.41) is 2.66. The summed E-state index contributed by atoms with van der Waals surface area (Å²) < 4.78 is 37.3. The molecule has 26 heavy (non-hydrogen) atoms. The summed E-state index contributed by atoms with van der Waals surface area (Å²) in [4.78, 5) is 12.2. The van der Waals surface area contributed by atoms with Gasteiger partial charge in [-0.1, -0.05) is 6.07 Å². The summed E-state index contributed by atoms with van der Waals surface area (Å²) in [5.74, 6) is 0.951. The SMILES string of the molecule is Cc1ccc(C=CC(=O)Nc2cccc(S(=O)(=O)N3CCOCC3)c2)o1. The number of sulfonamides is 1. The first-order valence-corrected chi connectivity index (χ1v) is 9.63. The Morgan fingerprint density at radius 1 is 1.19 bits per heavy atom. The average molecular weight is 376 g/mol. The Kier molecular flexibility index (Phi) is 5.55. The molecular weight excluding hydrogens is 356 g/mol. The molecule has 0 aliphatic carbocycles. The second kappa shape index (κ2) is 7.86. The fraction of sp³-hybridized carbons (Fsp3) is 0.278. The molecule has 7 nitrogen and oxygen atoms in total. The number of carbonyl (C=O) groups is 1. The lowest BCUT2D eigenvalue weighted by atomic mass is 10.3. The van der Waals surface area contributed by atoms with Crippen LogP contribution in [-0.4, -0.2) is 44.9 Å². The number of carbonyl (C=O) groups excluding carboxylic acids is 1. The van der Waals surface area contributed by atoms with Crippen molar-refractivity contribution in [2.24, 2.45) is 0 Å². The summed E-state index contributed by atoms with van der Waals surface area (Å²) in [6.07, 6.45) is 2.89. The van der Waals surface area contributed by atoms with Crippen LogP contribution in [0.2, 0.25) is 0 Å². The molecule has 0 unspecified atom stereocenters. The largest absolute Gasteiger partial charge is 0.462 e. The van der Waals surface area contributed by atoms with E-state index in [9.17, 15) is 13.2 Å². The number of aryl methyl sites for hydroxylation is 1. The lowest BCUT2D eigenvalue weighted by molar-refractivity contribution is -0.111. The Hall–Kier alpha value is -2.42. The molecule has 1 N–H and O–H groups in total. The van der Waals surface area contributed by atoms with Crippen LogP contribution < -0.4 is 5.32 Å².